The summed E-state index contributed by atoms with van der Waals surface area (Å²) in [6, 6.07) is 3.83. The zero-order valence-corrected chi connectivity index (χ0v) is 10.8. The Hall–Kier alpha value is -1.95. The van der Waals surface area contributed by atoms with E-state index in [1.54, 1.807) is 19.4 Å². The molecule has 0 bridgehead atoms. The molecule has 1 aliphatic heterocycles. The molecular formula is C13H16N4O2. The standard InChI is InChI=1S/C13H16N4O2/c1-18-11-6-5-9(8-15-11)12-16-13(19-17-12)10-4-2-3-7-14-10/h5-6,8,10,14H,2-4,7H2,1H3. The first-order valence-corrected chi connectivity index (χ1v) is 6.44. The lowest BCUT2D eigenvalue weighted by Crippen LogP contribution is -2.26. The van der Waals surface area contributed by atoms with Crippen molar-refractivity contribution in [2.75, 3.05) is 13.7 Å². The summed E-state index contributed by atoms with van der Waals surface area (Å²) in [4.78, 5) is 8.57. The monoisotopic (exact) mass is 260 g/mol. The van der Waals surface area contributed by atoms with Gasteiger partial charge in [0, 0.05) is 17.8 Å². The summed E-state index contributed by atoms with van der Waals surface area (Å²) in [5, 5.41) is 7.40. The minimum atomic E-state index is 0.182. The van der Waals surface area contributed by atoms with E-state index in [4.69, 9.17) is 9.26 Å². The van der Waals surface area contributed by atoms with E-state index < -0.39 is 0 Å². The number of nitrogens with zero attached hydrogens (tertiary/aromatic N) is 3. The largest absolute Gasteiger partial charge is 0.481 e. The van der Waals surface area contributed by atoms with Crippen LogP contribution in [0.3, 0.4) is 0 Å². The predicted octanol–water partition coefficient (Wildman–Crippen LogP) is 1.95. The first-order valence-electron chi connectivity index (χ1n) is 6.44. The van der Waals surface area contributed by atoms with Gasteiger partial charge in [-0.15, -0.1) is 0 Å². The minimum Gasteiger partial charge on any atom is -0.481 e. The second kappa shape index (κ2) is 5.36. The summed E-state index contributed by atoms with van der Waals surface area (Å²) in [6.07, 6.45) is 5.13. The van der Waals surface area contributed by atoms with Gasteiger partial charge in [0.25, 0.3) is 0 Å². The van der Waals surface area contributed by atoms with Crippen molar-refractivity contribution < 1.29 is 9.26 Å². The Morgan fingerprint density at radius 2 is 2.32 bits per heavy atom. The molecule has 2 aromatic heterocycles. The van der Waals surface area contributed by atoms with Crippen molar-refractivity contribution >= 4 is 0 Å². The number of rotatable bonds is 3. The number of methoxy groups -OCH3 is 1. The van der Waals surface area contributed by atoms with Crippen molar-refractivity contribution in [2.45, 2.75) is 25.3 Å². The number of nitrogens with one attached hydrogen (secondary N) is 1. The Bertz CT molecular complexity index is 532. The van der Waals surface area contributed by atoms with Crippen molar-refractivity contribution in [3.63, 3.8) is 0 Å². The smallest absolute Gasteiger partial charge is 0.244 e. The third kappa shape index (κ3) is 2.58. The average molecular weight is 260 g/mol. The highest BCUT2D eigenvalue weighted by atomic mass is 16.5. The number of hydrogen-bond acceptors (Lipinski definition) is 6. The highest BCUT2D eigenvalue weighted by molar-refractivity contribution is 5.53. The van der Waals surface area contributed by atoms with Crippen LogP contribution in [0.1, 0.15) is 31.2 Å². The van der Waals surface area contributed by atoms with Crippen molar-refractivity contribution in [2.24, 2.45) is 0 Å². The van der Waals surface area contributed by atoms with Crippen molar-refractivity contribution in [3.05, 3.63) is 24.2 Å². The van der Waals surface area contributed by atoms with E-state index in [0.29, 0.717) is 17.6 Å². The number of pyridine rings is 1. The molecule has 3 heterocycles. The highest BCUT2D eigenvalue weighted by Gasteiger charge is 2.21. The summed E-state index contributed by atoms with van der Waals surface area (Å²) in [5.74, 6) is 1.80. The second-order valence-electron chi connectivity index (χ2n) is 4.55. The lowest BCUT2D eigenvalue weighted by atomic mass is 10.1. The molecule has 0 saturated carbocycles. The molecule has 3 rings (SSSR count). The van der Waals surface area contributed by atoms with E-state index in [1.165, 1.54) is 12.8 Å². The van der Waals surface area contributed by atoms with Crippen LogP contribution >= 0.6 is 0 Å². The molecular weight excluding hydrogens is 244 g/mol. The molecule has 0 spiro atoms. The maximum atomic E-state index is 5.33. The van der Waals surface area contributed by atoms with E-state index in [0.717, 1.165) is 18.5 Å². The van der Waals surface area contributed by atoms with E-state index in [-0.39, 0.29) is 6.04 Å². The maximum Gasteiger partial charge on any atom is 0.244 e. The molecule has 2 aromatic rings. The van der Waals surface area contributed by atoms with Gasteiger partial charge >= 0.3 is 0 Å². The molecule has 1 saturated heterocycles. The molecule has 0 aliphatic carbocycles. The SMILES string of the molecule is COc1ccc(-c2noc(C3CCCCN3)n2)cn1. The molecule has 1 unspecified atom stereocenters. The Kier molecular flexibility index (Phi) is 3.41. The predicted molar refractivity (Wildman–Crippen MR) is 68.7 cm³/mol. The summed E-state index contributed by atoms with van der Waals surface area (Å²) in [5.41, 5.74) is 0.826. The van der Waals surface area contributed by atoms with E-state index >= 15 is 0 Å². The third-order valence-electron chi connectivity index (χ3n) is 3.25. The summed E-state index contributed by atoms with van der Waals surface area (Å²) in [7, 11) is 1.59. The lowest BCUT2D eigenvalue weighted by molar-refractivity contribution is 0.297. The quantitative estimate of drug-likeness (QED) is 0.909. The summed E-state index contributed by atoms with van der Waals surface area (Å²) >= 11 is 0. The van der Waals surface area contributed by atoms with Crippen LogP contribution in [0.2, 0.25) is 0 Å². The Balaban J connectivity index is 1.79. The minimum absolute atomic E-state index is 0.182. The van der Waals surface area contributed by atoms with Gasteiger partial charge in [-0.1, -0.05) is 11.6 Å². The maximum absolute atomic E-state index is 5.33. The second-order valence-corrected chi connectivity index (χ2v) is 4.55. The third-order valence-corrected chi connectivity index (χ3v) is 3.25. The van der Waals surface area contributed by atoms with Gasteiger partial charge in [0.2, 0.25) is 17.6 Å². The number of ether oxygens (including phenoxy) is 1. The molecule has 6 nitrogen and oxygen atoms in total. The van der Waals surface area contributed by atoms with Gasteiger partial charge in [0.15, 0.2) is 0 Å². The molecule has 0 aromatic carbocycles. The van der Waals surface area contributed by atoms with Crippen LogP contribution in [0.4, 0.5) is 0 Å². The fourth-order valence-corrected chi connectivity index (χ4v) is 2.19. The molecule has 19 heavy (non-hydrogen) atoms. The van der Waals surface area contributed by atoms with Gasteiger partial charge in [-0.2, -0.15) is 4.98 Å². The average Bonchev–Trinajstić information content (AvgIpc) is 2.98. The van der Waals surface area contributed by atoms with Crippen molar-refractivity contribution in [1.29, 1.82) is 0 Å². The first kappa shape index (κ1) is 12.1. The molecule has 1 fully saturated rings. The van der Waals surface area contributed by atoms with Gasteiger partial charge in [-0.3, -0.25) is 0 Å². The van der Waals surface area contributed by atoms with Crippen LogP contribution in [0.5, 0.6) is 5.88 Å². The molecule has 0 radical (unpaired) electrons. The number of hydrogen-bond donors (Lipinski definition) is 1. The normalized spacial score (nSPS) is 19.3. The van der Waals surface area contributed by atoms with E-state index in [2.05, 4.69) is 20.4 Å². The summed E-state index contributed by atoms with van der Waals surface area (Å²) < 4.78 is 10.4. The van der Waals surface area contributed by atoms with Gasteiger partial charge in [0.05, 0.1) is 13.2 Å². The number of aromatic nitrogens is 3. The fourth-order valence-electron chi connectivity index (χ4n) is 2.19. The van der Waals surface area contributed by atoms with Crippen molar-refractivity contribution in [1.82, 2.24) is 20.4 Å². The van der Waals surface area contributed by atoms with Gasteiger partial charge in [-0.25, -0.2) is 4.98 Å². The zero-order valence-electron chi connectivity index (χ0n) is 10.8. The highest BCUT2D eigenvalue weighted by Crippen LogP contribution is 2.24. The summed E-state index contributed by atoms with van der Waals surface area (Å²) in [6.45, 7) is 1.01. The van der Waals surface area contributed by atoms with Crippen LogP contribution in [-0.4, -0.2) is 28.8 Å². The van der Waals surface area contributed by atoms with E-state index in [1.807, 2.05) is 6.07 Å². The number of piperidine rings is 1. The Morgan fingerprint density at radius 1 is 1.37 bits per heavy atom. The fraction of sp³-hybridized carbons (Fsp3) is 0.462. The topological polar surface area (TPSA) is 73.1 Å². The van der Waals surface area contributed by atoms with Crippen LogP contribution in [-0.2, 0) is 0 Å². The van der Waals surface area contributed by atoms with Crippen LogP contribution < -0.4 is 10.1 Å². The van der Waals surface area contributed by atoms with Crippen LogP contribution in [0, 0.1) is 0 Å². The molecule has 1 aliphatic rings. The van der Waals surface area contributed by atoms with Crippen LogP contribution in [0.15, 0.2) is 22.9 Å². The van der Waals surface area contributed by atoms with E-state index in [9.17, 15) is 0 Å². The Morgan fingerprint density at radius 3 is 3.00 bits per heavy atom. The van der Waals surface area contributed by atoms with Crippen LogP contribution in [0.25, 0.3) is 11.4 Å². The molecule has 6 heteroatoms. The van der Waals surface area contributed by atoms with Gasteiger partial charge < -0.3 is 14.6 Å². The molecule has 1 N–H and O–H groups in total. The zero-order chi connectivity index (χ0) is 13.1. The first-order chi connectivity index (χ1) is 9.36. The van der Waals surface area contributed by atoms with Gasteiger partial charge in [0.1, 0.15) is 0 Å². The molecule has 0 amide bonds. The Labute approximate surface area is 111 Å². The molecule has 1 atom stereocenters. The van der Waals surface area contributed by atoms with Gasteiger partial charge in [-0.05, 0) is 25.5 Å². The molecule has 100 valence electrons. The van der Waals surface area contributed by atoms with Crippen molar-refractivity contribution in [3.8, 4) is 17.3 Å². The lowest BCUT2D eigenvalue weighted by Gasteiger charge is -2.19.